The van der Waals surface area contributed by atoms with Crippen molar-refractivity contribution in [3.8, 4) is 23.0 Å². The largest absolute Gasteiger partial charge is 0.253 e. The van der Waals surface area contributed by atoms with Crippen LogP contribution in [0.5, 0.6) is 0 Å². The minimum absolute atomic E-state index is 0.402. The average Bonchev–Trinajstić information content (AvgIpc) is 2.56. The monoisotopic (exact) mass is 264 g/mol. The Morgan fingerprint density at radius 3 is 2.00 bits per heavy atom. The van der Waals surface area contributed by atoms with Crippen LogP contribution in [0.15, 0.2) is 42.7 Å². The van der Waals surface area contributed by atoms with Gasteiger partial charge in [0.1, 0.15) is 11.4 Å². The lowest BCUT2D eigenvalue weighted by molar-refractivity contribution is 0.864. The van der Waals surface area contributed by atoms with Gasteiger partial charge < -0.3 is 0 Å². The van der Waals surface area contributed by atoms with Crippen molar-refractivity contribution in [2.45, 2.75) is 13.3 Å². The van der Waals surface area contributed by atoms with E-state index in [1.165, 1.54) is 5.56 Å². The molecule has 3 aromatic heterocycles. The number of hydrogen-bond donors (Lipinski definition) is 0. The number of aromatic nitrogens is 6. The molecule has 0 saturated heterocycles. The molecule has 0 aliphatic heterocycles. The lowest BCUT2D eigenvalue weighted by atomic mass is 10.2. The highest BCUT2D eigenvalue weighted by atomic mass is 15.3. The molecule has 3 rings (SSSR count). The highest BCUT2D eigenvalue weighted by Gasteiger charge is 2.07. The summed E-state index contributed by atoms with van der Waals surface area (Å²) in [5.41, 5.74) is 2.47. The van der Waals surface area contributed by atoms with Gasteiger partial charge in [-0.15, -0.1) is 20.4 Å². The van der Waals surface area contributed by atoms with E-state index in [9.17, 15) is 0 Å². The van der Waals surface area contributed by atoms with Crippen LogP contribution in [0.2, 0.25) is 0 Å². The van der Waals surface area contributed by atoms with E-state index in [1.807, 2.05) is 36.5 Å². The highest BCUT2D eigenvalue weighted by molar-refractivity contribution is 5.50. The predicted molar refractivity (Wildman–Crippen MR) is 73.5 cm³/mol. The van der Waals surface area contributed by atoms with E-state index in [-0.39, 0.29) is 0 Å². The lowest BCUT2D eigenvalue weighted by Crippen LogP contribution is -2.01. The van der Waals surface area contributed by atoms with Crippen LogP contribution in [0.25, 0.3) is 23.0 Å². The van der Waals surface area contributed by atoms with Crippen molar-refractivity contribution in [2.75, 3.05) is 0 Å². The zero-order valence-corrected chi connectivity index (χ0v) is 10.9. The Labute approximate surface area is 116 Å². The summed E-state index contributed by atoms with van der Waals surface area (Å²) in [6.07, 6.45) is 4.44. The SMILES string of the molecule is CCc1ccc(-c2nnc(-c3ccccn3)nn2)nc1. The smallest absolute Gasteiger partial charge is 0.221 e. The van der Waals surface area contributed by atoms with Crippen molar-refractivity contribution in [2.24, 2.45) is 0 Å². The second-order valence-corrected chi connectivity index (χ2v) is 4.17. The summed E-state index contributed by atoms with van der Waals surface area (Å²) in [6, 6.07) is 9.38. The summed E-state index contributed by atoms with van der Waals surface area (Å²) in [5.74, 6) is 0.812. The molecule has 20 heavy (non-hydrogen) atoms. The number of rotatable bonds is 3. The van der Waals surface area contributed by atoms with E-state index in [4.69, 9.17) is 0 Å². The summed E-state index contributed by atoms with van der Waals surface area (Å²) in [7, 11) is 0. The molecule has 3 heterocycles. The minimum Gasteiger partial charge on any atom is -0.253 e. The van der Waals surface area contributed by atoms with Gasteiger partial charge in [-0.2, -0.15) is 0 Å². The molecule has 0 fully saturated rings. The van der Waals surface area contributed by atoms with Crippen molar-refractivity contribution in [3.05, 3.63) is 48.3 Å². The van der Waals surface area contributed by atoms with E-state index in [2.05, 4.69) is 37.3 Å². The Balaban J connectivity index is 1.89. The maximum Gasteiger partial charge on any atom is 0.221 e. The average molecular weight is 264 g/mol. The molecule has 0 radical (unpaired) electrons. The van der Waals surface area contributed by atoms with Crippen LogP contribution in [0.1, 0.15) is 12.5 Å². The van der Waals surface area contributed by atoms with Gasteiger partial charge >= 0.3 is 0 Å². The normalized spacial score (nSPS) is 10.4. The Hall–Kier alpha value is -2.76. The molecular formula is C14H12N6. The molecule has 6 nitrogen and oxygen atoms in total. The van der Waals surface area contributed by atoms with Crippen LogP contribution < -0.4 is 0 Å². The van der Waals surface area contributed by atoms with Crippen molar-refractivity contribution >= 4 is 0 Å². The first kappa shape index (κ1) is 12.3. The maximum atomic E-state index is 4.30. The summed E-state index contributed by atoms with van der Waals surface area (Å²) >= 11 is 0. The molecule has 0 bridgehead atoms. The molecule has 0 saturated carbocycles. The van der Waals surface area contributed by atoms with Gasteiger partial charge in [-0.05, 0) is 30.2 Å². The standard InChI is InChI=1S/C14H12N6/c1-2-10-6-7-12(16-9-10)14-19-17-13(18-20-14)11-5-3-4-8-15-11/h3-9H,2H2,1H3. The molecule has 0 aliphatic carbocycles. The van der Waals surface area contributed by atoms with Crippen LogP contribution in [-0.2, 0) is 6.42 Å². The molecule has 0 aliphatic rings. The Morgan fingerprint density at radius 2 is 1.50 bits per heavy atom. The Bertz CT molecular complexity index is 679. The van der Waals surface area contributed by atoms with E-state index in [0.29, 0.717) is 23.0 Å². The van der Waals surface area contributed by atoms with Crippen LogP contribution in [0, 0.1) is 0 Å². The topological polar surface area (TPSA) is 77.3 Å². The third-order valence-electron chi connectivity index (χ3n) is 2.83. The van der Waals surface area contributed by atoms with Gasteiger partial charge in [0.05, 0.1) is 0 Å². The summed E-state index contributed by atoms with van der Waals surface area (Å²) < 4.78 is 0. The van der Waals surface area contributed by atoms with Gasteiger partial charge in [0.25, 0.3) is 0 Å². The van der Waals surface area contributed by atoms with Gasteiger partial charge in [-0.3, -0.25) is 9.97 Å². The molecule has 3 aromatic rings. The summed E-state index contributed by atoms with van der Waals surface area (Å²) in [4.78, 5) is 8.45. The van der Waals surface area contributed by atoms with Crippen LogP contribution >= 0.6 is 0 Å². The van der Waals surface area contributed by atoms with Gasteiger partial charge in [0.15, 0.2) is 0 Å². The first-order valence-electron chi connectivity index (χ1n) is 6.31. The molecule has 0 atom stereocenters. The van der Waals surface area contributed by atoms with E-state index in [1.54, 1.807) is 6.20 Å². The molecule has 6 heteroatoms. The molecule has 98 valence electrons. The predicted octanol–water partition coefficient (Wildman–Crippen LogP) is 1.95. The fourth-order valence-electron chi connectivity index (χ4n) is 1.70. The molecule has 0 N–H and O–H groups in total. The highest BCUT2D eigenvalue weighted by Crippen LogP contribution is 2.13. The molecular weight excluding hydrogens is 252 g/mol. The van der Waals surface area contributed by atoms with Gasteiger partial charge in [-0.25, -0.2) is 0 Å². The van der Waals surface area contributed by atoms with Gasteiger partial charge in [-0.1, -0.05) is 19.1 Å². The molecule has 0 amide bonds. The third-order valence-corrected chi connectivity index (χ3v) is 2.83. The second-order valence-electron chi connectivity index (χ2n) is 4.17. The van der Waals surface area contributed by atoms with Crippen molar-refractivity contribution in [1.29, 1.82) is 0 Å². The van der Waals surface area contributed by atoms with Crippen LogP contribution in [-0.4, -0.2) is 30.4 Å². The quantitative estimate of drug-likeness (QED) is 0.719. The minimum atomic E-state index is 0.402. The number of pyridine rings is 2. The Morgan fingerprint density at radius 1 is 0.800 bits per heavy atom. The van der Waals surface area contributed by atoms with Crippen LogP contribution in [0.3, 0.4) is 0 Å². The van der Waals surface area contributed by atoms with E-state index in [0.717, 1.165) is 6.42 Å². The molecule has 0 spiro atoms. The maximum absolute atomic E-state index is 4.30. The van der Waals surface area contributed by atoms with Crippen molar-refractivity contribution in [1.82, 2.24) is 30.4 Å². The fraction of sp³-hybridized carbons (Fsp3) is 0.143. The zero-order valence-electron chi connectivity index (χ0n) is 10.9. The first-order valence-corrected chi connectivity index (χ1v) is 6.31. The first-order chi connectivity index (χ1) is 9.86. The second kappa shape index (κ2) is 5.48. The number of aryl methyl sites for hydroxylation is 1. The van der Waals surface area contributed by atoms with Gasteiger partial charge in [0, 0.05) is 12.4 Å². The van der Waals surface area contributed by atoms with Crippen molar-refractivity contribution < 1.29 is 0 Å². The van der Waals surface area contributed by atoms with Crippen molar-refractivity contribution in [3.63, 3.8) is 0 Å². The summed E-state index contributed by atoms with van der Waals surface area (Å²) in [5, 5.41) is 16.2. The number of nitrogens with zero attached hydrogens (tertiary/aromatic N) is 6. The number of hydrogen-bond acceptors (Lipinski definition) is 6. The Kier molecular flexibility index (Phi) is 3.36. The summed E-state index contributed by atoms with van der Waals surface area (Å²) in [6.45, 7) is 2.08. The molecule has 0 aromatic carbocycles. The zero-order chi connectivity index (χ0) is 13.8. The van der Waals surface area contributed by atoms with Gasteiger partial charge in [0.2, 0.25) is 11.6 Å². The third kappa shape index (κ3) is 2.49. The van der Waals surface area contributed by atoms with E-state index >= 15 is 0 Å². The molecule has 0 unspecified atom stereocenters. The fourth-order valence-corrected chi connectivity index (χ4v) is 1.70. The lowest BCUT2D eigenvalue weighted by Gasteiger charge is -2.00. The van der Waals surface area contributed by atoms with Crippen LogP contribution in [0.4, 0.5) is 0 Å². The van der Waals surface area contributed by atoms with E-state index < -0.39 is 0 Å².